The molecule has 0 saturated carbocycles. The Morgan fingerprint density at radius 2 is 1.89 bits per heavy atom. The van der Waals surface area contributed by atoms with Crippen molar-refractivity contribution in [2.45, 2.75) is 13.3 Å². The monoisotopic (exact) mass is 478 g/mol. The van der Waals surface area contributed by atoms with Gasteiger partial charge in [-0.1, -0.05) is 6.07 Å². The second-order valence-electron chi connectivity index (χ2n) is 8.32. The Morgan fingerprint density at radius 3 is 2.57 bits per heavy atom. The van der Waals surface area contributed by atoms with Crippen molar-refractivity contribution in [3.8, 4) is 17.1 Å². The molecule has 0 atom stereocenters. The number of methoxy groups -OCH3 is 2. The van der Waals surface area contributed by atoms with Gasteiger partial charge in [-0.3, -0.25) is 19.6 Å². The Morgan fingerprint density at radius 1 is 1.09 bits per heavy atom. The fourth-order valence-electron chi connectivity index (χ4n) is 4.01. The molecule has 35 heavy (non-hydrogen) atoms. The molecule has 2 aromatic heterocycles. The van der Waals surface area contributed by atoms with Crippen LogP contribution in [0.25, 0.3) is 11.4 Å². The number of carbonyl (C=O) groups is 2. The number of pyridine rings is 1. The molecule has 2 N–H and O–H groups in total. The van der Waals surface area contributed by atoms with Crippen molar-refractivity contribution in [2.75, 3.05) is 57.2 Å². The number of aromatic nitrogens is 3. The SMILES string of the molecule is COC(=O)CCN1CCN(c2ccc(NC(=O)c3cccc(-c4cc(C)n[nH]4)n3)c(OC)c2)CC1. The first-order valence-electron chi connectivity index (χ1n) is 11.5. The van der Waals surface area contributed by atoms with Crippen LogP contribution in [-0.4, -0.2) is 78.9 Å². The highest BCUT2D eigenvalue weighted by molar-refractivity contribution is 6.04. The number of carbonyl (C=O) groups excluding carboxylic acids is 2. The minimum Gasteiger partial charge on any atom is -0.494 e. The number of aromatic amines is 1. The van der Waals surface area contributed by atoms with Crippen molar-refractivity contribution >= 4 is 23.3 Å². The smallest absolute Gasteiger partial charge is 0.306 e. The Hall–Kier alpha value is -3.92. The second-order valence-corrected chi connectivity index (χ2v) is 8.32. The molecule has 1 aromatic carbocycles. The van der Waals surface area contributed by atoms with E-state index in [1.807, 2.05) is 37.3 Å². The summed E-state index contributed by atoms with van der Waals surface area (Å²) in [5.74, 6) is 0.0609. The molecular formula is C25H30N6O4. The summed E-state index contributed by atoms with van der Waals surface area (Å²) in [5, 5.41) is 9.95. The van der Waals surface area contributed by atoms with E-state index in [1.54, 1.807) is 19.2 Å². The normalized spacial score (nSPS) is 14.0. The summed E-state index contributed by atoms with van der Waals surface area (Å²) >= 11 is 0. The van der Waals surface area contributed by atoms with E-state index in [1.165, 1.54) is 7.11 Å². The summed E-state index contributed by atoms with van der Waals surface area (Å²) in [7, 11) is 2.99. The quantitative estimate of drug-likeness (QED) is 0.475. The number of anilines is 2. The van der Waals surface area contributed by atoms with Crippen LogP contribution in [0.15, 0.2) is 42.5 Å². The minimum atomic E-state index is -0.326. The molecule has 1 aliphatic rings. The molecule has 0 spiro atoms. The van der Waals surface area contributed by atoms with Gasteiger partial charge in [0.1, 0.15) is 11.4 Å². The topological polar surface area (TPSA) is 113 Å². The van der Waals surface area contributed by atoms with E-state index in [9.17, 15) is 9.59 Å². The largest absolute Gasteiger partial charge is 0.494 e. The molecule has 4 rings (SSSR count). The zero-order valence-electron chi connectivity index (χ0n) is 20.2. The van der Waals surface area contributed by atoms with Crippen LogP contribution < -0.4 is 15.0 Å². The van der Waals surface area contributed by atoms with Crippen LogP contribution in [0.4, 0.5) is 11.4 Å². The van der Waals surface area contributed by atoms with Gasteiger partial charge in [-0.15, -0.1) is 0 Å². The maximum atomic E-state index is 12.9. The van der Waals surface area contributed by atoms with Gasteiger partial charge >= 0.3 is 5.97 Å². The number of benzene rings is 1. The van der Waals surface area contributed by atoms with Crippen LogP contribution in [0.1, 0.15) is 22.6 Å². The number of ether oxygens (including phenoxy) is 2. The van der Waals surface area contributed by atoms with Gasteiger partial charge in [0, 0.05) is 44.5 Å². The summed E-state index contributed by atoms with van der Waals surface area (Å²) in [6, 6.07) is 12.9. The Balaban J connectivity index is 1.40. The molecule has 0 radical (unpaired) electrons. The van der Waals surface area contributed by atoms with Gasteiger partial charge in [0.25, 0.3) is 5.91 Å². The molecule has 0 bridgehead atoms. The predicted molar refractivity (Wildman–Crippen MR) is 133 cm³/mol. The van der Waals surface area contributed by atoms with E-state index in [0.29, 0.717) is 35.8 Å². The van der Waals surface area contributed by atoms with Gasteiger partial charge in [0.2, 0.25) is 0 Å². The molecule has 10 nitrogen and oxygen atoms in total. The fourth-order valence-corrected chi connectivity index (χ4v) is 4.01. The highest BCUT2D eigenvalue weighted by Gasteiger charge is 2.20. The van der Waals surface area contributed by atoms with Crippen LogP contribution in [0, 0.1) is 6.92 Å². The Bertz CT molecular complexity index is 1190. The lowest BCUT2D eigenvalue weighted by Crippen LogP contribution is -2.47. The first-order valence-corrected chi connectivity index (χ1v) is 11.5. The van der Waals surface area contributed by atoms with Gasteiger partial charge < -0.3 is 19.7 Å². The van der Waals surface area contributed by atoms with Crippen molar-refractivity contribution in [3.05, 3.63) is 53.9 Å². The Kier molecular flexibility index (Phi) is 7.61. The van der Waals surface area contributed by atoms with E-state index >= 15 is 0 Å². The lowest BCUT2D eigenvalue weighted by molar-refractivity contribution is -0.141. The van der Waals surface area contributed by atoms with Crippen LogP contribution in [0.5, 0.6) is 5.75 Å². The minimum absolute atomic E-state index is 0.187. The lowest BCUT2D eigenvalue weighted by atomic mass is 10.2. The van der Waals surface area contributed by atoms with Gasteiger partial charge in [-0.25, -0.2) is 4.98 Å². The van der Waals surface area contributed by atoms with E-state index in [0.717, 1.165) is 43.3 Å². The van der Waals surface area contributed by atoms with E-state index < -0.39 is 0 Å². The van der Waals surface area contributed by atoms with Crippen LogP contribution >= 0.6 is 0 Å². The average molecular weight is 479 g/mol. The van der Waals surface area contributed by atoms with Crippen molar-refractivity contribution in [1.82, 2.24) is 20.1 Å². The number of aryl methyl sites for hydroxylation is 1. The van der Waals surface area contributed by atoms with E-state index in [-0.39, 0.29) is 11.9 Å². The van der Waals surface area contributed by atoms with Crippen molar-refractivity contribution in [2.24, 2.45) is 0 Å². The van der Waals surface area contributed by atoms with Crippen LogP contribution in [0.3, 0.4) is 0 Å². The summed E-state index contributed by atoms with van der Waals surface area (Å²) in [6.07, 6.45) is 0.401. The van der Waals surface area contributed by atoms with Crippen LogP contribution in [-0.2, 0) is 9.53 Å². The number of nitrogens with zero attached hydrogens (tertiary/aromatic N) is 4. The first kappa shape index (κ1) is 24.2. The van der Waals surface area contributed by atoms with Crippen molar-refractivity contribution in [1.29, 1.82) is 0 Å². The zero-order chi connectivity index (χ0) is 24.8. The highest BCUT2D eigenvalue weighted by atomic mass is 16.5. The number of hydrogen-bond donors (Lipinski definition) is 2. The molecule has 1 amide bonds. The van der Waals surface area contributed by atoms with Crippen LogP contribution in [0.2, 0.25) is 0 Å². The van der Waals surface area contributed by atoms with Crippen molar-refractivity contribution < 1.29 is 19.1 Å². The lowest BCUT2D eigenvalue weighted by Gasteiger charge is -2.36. The van der Waals surface area contributed by atoms with E-state index in [2.05, 4.69) is 30.3 Å². The fraction of sp³-hybridized carbons (Fsp3) is 0.360. The van der Waals surface area contributed by atoms with E-state index in [4.69, 9.17) is 9.47 Å². The van der Waals surface area contributed by atoms with Crippen molar-refractivity contribution in [3.63, 3.8) is 0 Å². The number of rotatable bonds is 8. The number of nitrogens with one attached hydrogen (secondary N) is 2. The summed E-state index contributed by atoms with van der Waals surface area (Å²) < 4.78 is 10.3. The number of piperazine rings is 1. The maximum absolute atomic E-state index is 12.9. The summed E-state index contributed by atoms with van der Waals surface area (Å²) in [5.41, 5.74) is 4.13. The maximum Gasteiger partial charge on any atom is 0.306 e. The third-order valence-electron chi connectivity index (χ3n) is 5.99. The highest BCUT2D eigenvalue weighted by Crippen LogP contribution is 2.31. The molecule has 10 heteroatoms. The molecule has 1 saturated heterocycles. The standard InChI is InChI=1S/C25H30N6O4/c1-17-15-22(29-28-17)19-5-4-6-21(26-19)25(33)27-20-8-7-18(16-23(20)34-2)31-13-11-30(12-14-31)10-9-24(32)35-3/h4-8,15-16H,9-14H2,1-3H3,(H,27,33)(H,28,29). The summed E-state index contributed by atoms with van der Waals surface area (Å²) in [6.45, 7) is 5.96. The molecule has 1 fully saturated rings. The molecule has 184 valence electrons. The zero-order valence-corrected chi connectivity index (χ0v) is 20.2. The first-order chi connectivity index (χ1) is 17.0. The second kappa shape index (κ2) is 11.0. The molecular weight excluding hydrogens is 448 g/mol. The van der Waals surface area contributed by atoms with Gasteiger partial charge in [0.15, 0.2) is 0 Å². The predicted octanol–water partition coefficient (Wildman–Crippen LogP) is 2.73. The van der Waals surface area contributed by atoms with Gasteiger partial charge in [-0.05, 0) is 37.3 Å². The number of H-pyrrole nitrogens is 1. The number of hydrogen-bond acceptors (Lipinski definition) is 8. The number of amides is 1. The molecule has 1 aliphatic heterocycles. The third kappa shape index (κ3) is 5.96. The molecule has 3 aromatic rings. The summed E-state index contributed by atoms with van der Waals surface area (Å²) in [4.78, 5) is 33.3. The molecule has 3 heterocycles. The average Bonchev–Trinajstić information content (AvgIpc) is 3.34. The Labute approximate surface area is 204 Å². The third-order valence-corrected chi connectivity index (χ3v) is 5.99. The number of esters is 1. The molecule has 0 unspecified atom stereocenters. The van der Waals surface area contributed by atoms with Gasteiger partial charge in [-0.2, -0.15) is 5.10 Å². The van der Waals surface area contributed by atoms with Gasteiger partial charge in [0.05, 0.1) is 43.4 Å². The molecule has 0 aliphatic carbocycles.